The Morgan fingerprint density at radius 1 is 1.12 bits per heavy atom. The van der Waals surface area contributed by atoms with Gasteiger partial charge in [0.25, 0.3) is 0 Å². The number of nitriles is 1. The quantitative estimate of drug-likeness (QED) is 0.313. The summed E-state index contributed by atoms with van der Waals surface area (Å²) in [5.41, 5.74) is 2.93. The Hall–Kier alpha value is -2.21. The summed E-state index contributed by atoms with van der Waals surface area (Å²) < 4.78 is 12.8. The molecule has 0 spiro atoms. The number of thiazole rings is 1. The first-order chi connectivity index (χ1) is 19.4. The normalized spacial score (nSPS) is 32.1. The molecule has 1 N–H and O–H groups in total. The highest BCUT2D eigenvalue weighted by Crippen LogP contribution is 2.65. The van der Waals surface area contributed by atoms with Crippen molar-refractivity contribution >= 4 is 40.6 Å². The highest BCUT2D eigenvalue weighted by atomic mass is 35.5. The Kier molecular flexibility index (Phi) is 5.83. The number of nitrogens with zero attached hydrogens (tertiary/aromatic N) is 3. The van der Waals surface area contributed by atoms with Crippen molar-refractivity contribution in [3.8, 4) is 17.3 Å². The van der Waals surface area contributed by atoms with Crippen molar-refractivity contribution in [2.45, 2.75) is 81.5 Å². The summed E-state index contributed by atoms with van der Waals surface area (Å²) in [5, 5.41) is 28.1. The third-order valence-corrected chi connectivity index (χ3v) is 11.8. The largest absolute Gasteiger partial charge is 0.382 e. The molecule has 9 heteroatoms. The molecule has 5 atom stereocenters. The molecule has 0 radical (unpaired) electrons. The fourth-order valence-electron chi connectivity index (χ4n) is 8.11. The number of aliphatic hydroxyl groups is 1. The van der Waals surface area contributed by atoms with Crippen LogP contribution in [0.3, 0.4) is 0 Å². The zero-order chi connectivity index (χ0) is 27.2. The van der Waals surface area contributed by atoms with Crippen LogP contribution in [0, 0.1) is 29.1 Å². The van der Waals surface area contributed by atoms with E-state index in [1.165, 1.54) is 0 Å². The van der Waals surface area contributed by atoms with E-state index < -0.39 is 5.60 Å². The monoisotopic (exact) mass is 593 g/mol. The van der Waals surface area contributed by atoms with Gasteiger partial charge in [0.1, 0.15) is 22.1 Å². The molecule has 0 saturated heterocycles. The number of rotatable bonds is 6. The minimum atomic E-state index is -0.931. The van der Waals surface area contributed by atoms with E-state index in [2.05, 4.69) is 11.2 Å². The standard InChI is InChI=1S/C31H29Cl2N3O3S/c32-22-2-1-3-23(33)26(22)27-21(28(39-36-27)18-5-6-18)15-38-30-11-17-8-19(12-30)31(37,20(9-17)13-30)29-35-24-7-4-16(14-34)10-25(24)40-29/h1-3,10,17-20,37H,4-9,11-13,15H2/t17?,19-,20+,30+,31-. The van der Waals surface area contributed by atoms with Crippen molar-refractivity contribution in [1.29, 1.82) is 5.26 Å². The Labute approximate surface area is 246 Å². The third kappa shape index (κ3) is 3.87. The highest BCUT2D eigenvalue weighted by molar-refractivity contribution is 7.12. The van der Waals surface area contributed by atoms with E-state index in [-0.39, 0.29) is 17.4 Å². The molecule has 1 unspecified atom stereocenters. The molecular weight excluding hydrogens is 565 g/mol. The van der Waals surface area contributed by atoms with Gasteiger partial charge in [0.15, 0.2) is 0 Å². The van der Waals surface area contributed by atoms with E-state index in [0.29, 0.717) is 39.7 Å². The number of hydrogen-bond acceptors (Lipinski definition) is 7. The van der Waals surface area contributed by atoms with Crippen molar-refractivity contribution in [3.63, 3.8) is 0 Å². The second kappa shape index (κ2) is 9.14. The summed E-state index contributed by atoms with van der Waals surface area (Å²) in [7, 11) is 0. The molecule has 0 amide bonds. The second-order valence-electron chi connectivity index (χ2n) is 12.5. The zero-order valence-corrected chi connectivity index (χ0v) is 24.3. The number of aryl methyl sites for hydroxylation is 1. The Morgan fingerprint density at radius 3 is 2.58 bits per heavy atom. The summed E-state index contributed by atoms with van der Waals surface area (Å²) >= 11 is 14.7. The van der Waals surface area contributed by atoms with Crippen LogP contribution in [0.1, 0.15) is 84.2 Å². The van der Waals surface area contributed by atoms with Gasteiger partial charge in [-0.3, -0.25) is 0 Å². The molecule has 6 aliphatic rings. The van der Waals surface area contributed by atoms with Crippen LogP contribution in [-0.4, -0.2) is 20.8 Å². The van der Waals surface area contributed by atoms with Gasteiger partial charge < -0.3 is 14.4 Å². The molecule has 1 aromatic carbocycles. The van der Waals surface area contributed by atoms with Gasteiger partial charge in [0.05, 0.1) is 38.9 Å². The van der Waals surface area contributed by atoms with Crippen LogP contribution < -0.4 is 0 Å². The predicted octanol–water partition coefficient (Wildman–Crippen LogP) is 7.82. The number of hydrogen-bond donors (Lipinski definition) is 1. The molecular formula is C31H29Cl2N3O3S. The van der Waals surface area contributed by atoms with E-state index in [4.69, 9.17) is 37.4 Å². The van der Waals surface area contributed by atoms with Crippen LogP contribution in [0.5, 0.6) is 0 Å². The molecule has 0 aliphatic heterocycles. The molecule has 2 heterocycles. The van der Waals surface area contributed by atoms with Gasteiger partial charge in [-0.05, 0) is 93.7 Å². The van der Waals surface area contributed by atoms with Gasteiger partial charge >= 0.3 is 0 Å². The van der Waals surface area contributed by atoms with Crippen LogP contribution in [-0.2, 0) is 23.4 Å². The molecule has 3 aromatic rings. The van der Waals surface area contributed by atoms with Crippen molar-refractivity contribution in [1.82, 2.24) is 10.1 Å². The maximum atomic E-state index is 12.3. The number of ether oxygens (including phenoxy) is 1. The first-order valence-corrected chi connectivity index (χ1v) is 15.8. The lowest BCUT2D eigenvalue weighted by Gasteiger charge is -2.62. The van der Waals surface area contributed by atoms with Crippen LogP contribution in [0.25, 0.3) is 17.3 Å². The first-order valence-electron chi connectivity index (χ1n) is 14.3. The molecule has 9 rings (SSSR count). The van der Waals surface area contributed by atoms with Crippen molar-refractivity contribution in [3.05, 3.63) is 60.7 Å². The Morgan fingerprint density at radius 2 is 1.88 bits per heavy atom. The number of fused-ring (bicyclic) bond motifs is 1. The van der Waals surface area contributed by atoms with Gasteiger partial charge in [-0.1, -0.05) is 34.4 Å². The molecule has 4 bridgehead atoms. The fraction of sp³-hybridized carbons (Fsp3) is 0.516. The number of aromatic nitrogens is 2. The molecule has 5 fully saturated rings. The minimum Gasteiger partial charge on any atom is -0.382 e. The molecule has 2 aromatic heterocycles. The molecule has 6 aliphatic carbocycles. The lowest BCUT2D eigenvalue weighted by molar-refractivity contribution is -0.250. The van der Waals surface area contributed by atoms with E-state index in [1.54, 1.807) is 11.3 Å². The van der Waals surface area contributed by atoms with Gasteiger partial charge in [-0.2, -0.15) is 5.26 Å². The summed E-state index contributed by atoms with van der Waals surface area (Å²) in [6.07, 6.45) is 10.3. The molecule has 206 valence electrons. The fourth-order valence-corrected chi connectivity index (χ4v) is 10.0. The van der Waals surface area contributed by atoms with Crippen LogP contribution >= 0.6 is 34.5 Å². The zero-order valence-electron chi connectivity index (χ0n) is 22.0. The van der Waals surface area contributed by atoms with E-state index >= 15 is 0 Å². The molecule has 40 heavy (non-hydrogen) atoms. The second-order valence-corrected chi connectivity index (χ2v) is 14.3. The highest BCUT2D eigenvalue weighted by Gasteiger charge is 2.64. The summed E-state index contributed by atoms with van der Waals surface area (Å²) in [4.78, 5) is 6.01. The maximum absolute atomic E-state index is 12.3. The van der Waals surface area contributed by atoms with E-state index in [1.807, 2.05) is 24.3 Å². The predicted molar refractivity (Wildman–Crippen MR) is 153 cm³/mol. The van der Waals surface area contributed by atoms with Gasteiger partial charge in [0, 0.05) is 22.6 Å². The lowest BCUT2D eigenvalue weighted by Crippen LogP contribution is -2.62. The summed E-state index contributed by atoms with van der Waals surface area (Å²) in [6, 6.07) is 7.78. The average Bonchev–Trinajstić information content (AvgIpc) is 3.55. The minimum absolute atomic E-state index is 0.105. The third-order valence-electron chi connectivity index (χ3n) is 10.0. The van der Waals surface area contributed by atoms with Gasteiger partial charge in [0.2, 0.25) is 0 Å². The van der Waals surface area contributed by atoms with Crippen molar-refractivity contribution in [2.75, 3.05) is 0 Å². The SMILES string of the molecule is N#CC1=Cc2sc([C@@]3(O)[C@@H]4CC5C[C@H]3C[C@](OCc3c(-c6c(Cl)cccc6Cl)noc3C3CC3)(C5)C4)nc2CC1. The van der Waals surface area contributed by atoms with Gasteiger partial charge in [-0.15, -0.1) is 11.3 Å². The number of allylic oxidation sites excluding steroid dienone is 1. The summed E-state index contributed by atoms with van der Waals surface area (Å²) in [6.45, 7) is 0.393. The number of halogens is 2. The Bertz CT molecular complexity index is 1560. The van der Waals surface area contributed by atoms with Crippen molar-refractivity contribution in [2.24, 2.45) is 17.8 Å². The Balaban J connectivity index is 1.09. The maximum Gasteiger partial charge on any atom is 0.145 e. The smallest absolute Gasteiger partial charge is 0.145 e. The lowest BCUT2D eigenvalue weighted by atomic mass is 9.48. The van der Waals surface area contributed by atoms with Crippen LogP contribution in [0.2, 0.25) is 10.0 Å². The summed E-state index contributed by atoms with van der Waals surface area (Å²) in [5.74, 6) is 2.02. The molecule has 5 saturated carbocycles. The van der Waals surface area contributed by atoms with Crippen molar-refractivity contribution < 1.29 is 14.4 Å². The van der Waals surface area contributed by atoms with E-state index in [9.17, 15) is 10.4 Å². The first kappa shape index (κ1) is 25.5. The van der Waals surface area contributed by atoms with Crippen LogP contribution in [0.4, 0.5) is 0 Å². The van der Waals surface area contributed by atoms with Gasteiger partial charge in [-0.25, -0.2) is 4.98 Å². The molecule has 6 nitrogen and oxygen atoms in total. The topological polar surface area (TPSA) is 92.2 Å². The average molecular weight is 595 g/mol. The van der Waals surface area contributed by atoms with E-state index in [0.717, 1.165) is 90.3 Å². The number of benzene rings is 1. The van der Waals surface area contributed by atoms with Crippen LogP contribution in [0.15, 0.2) is 28.3 Å².